The minimum absolute atomic E-state index is 0.103. The molecule has 0 radical (unpaired) electrons. The van der Waals surface area contributed by atoms with Crippen molar-refractivity contribution in [2.45, 2.75) is 19.8 Å². The smallest absolute Gasteiger partial charge is 0.307 e. The van der Waals surface area contributed by atoms with E-state index in [2.05, 4.69) is 26.3 Å². The molecule has 0 aliphatic carbocycles. The van der Waals surface area contributed by atoms with Gasteiger partial charge in [-0.3, -0.25) is 9.59 Å². The highest BCUT2D eigenvalue weighted by atomic mass is 32.2. The standard InChI is InChI=1S/C25H22O4S5/c1-6-30-14(3)20-9-17(11-22(26)27)24(33-20)15(4)32-16(5)25-18(12-23(28)29)10-21(34-25)19-8-7-13(2)31-19/h6-10H,1,3-5,11-12H2,2H3,(H,26,27)(H,28,29). The predicted octanol–water partition coefficient (Wildman–Crippen LogP) is 8.32. The van der Waals surface area contributed by atoms with Gasteiger partial charge in [-0.15, -0.1) is 34.0 Å². The molecule has 0 saturated carbocycles. The fourth-order valence-electron chi connectivity index (χ4n) is 3.14. The van der Waals surface area contributed by atoms with Crippen molar-refractivity contribution in [1.29, 1.82) is 0 Å². The Morgan fingerprint density at radius 1 is 0.882 bits per heavy atom. The van der Waals surface area contributed by atoms with Crippen LogP contribution in [0.1, 0.15) is 30.6 Å². The van der Waals surface area contributed by atoms with Crippen LogP contribution < -0.4 is 0 Å². The highest BCUT2D eigenvalue weighted by molar-refractivity contribution is 8.16. The Hall–Kier alpha value is -2.30. The van der Waals surface area contributed by atoms with E-state index in [4.69, 9.17) is 0 Å². The topological polar surface area (TPSA) is 74.6 Å². The molecule has 0 saturated heterocycles. The van der Waals surface area contributed by atoms with Crippen molar-refractivity contribution in [2.24, 2.45) is 0 Å². The summed E-state index contributed by atoms with van der Waals surface area (Å²) in [5.74, 6) is -1.84. The second-order valence-electron chi connectivity index (χ2n) is 7.14. The normalized spacial score (nSPS) is 10.7. The number of aliphatic carboxylic acids is 2. The zero-order valence-electron chi connectivity index (χ0n) is 18.4. The minimum Gasteiger partial charge on any atom is -0.481 e. The first kappa shape index (κ1) is 26.3. The summed E-state index contributed by atoms with van der Waals surface area (Å²) in [6.45, 7) is 18.2. The lowest BCUT2D eigenvalue weighted by atomic mass is 10.1. The summed E-state index contributed by atoms with van der Waals surface area (Å²) in [5.41, 5.74) is 1.37. The van der Waals surface area contributed by atoms with Crippen molar-refractivity contribution in [1.82, 2.24) is 0 Å². The molecule has 3 rings (SSSR count). The molecule has 2 N–H and O–H groups in total. The molecule has 34 heavy (non-hydrogen) atoms. The third-order valence-electron chi connectivity index (χ3n) is 4.54. The summed E-state index contributed by atoms with van der Waals surface area (Å²) in [5, 5.41) is 20.5. The number of hydrogen-bond donors (Lipinski definition) is 2. The molecular formula is C25H22O4S5. The summed E-state index contributed by atoms with van der Waals surface area (Å²) in [6, 6.07) is 7.83. The van der Waals surface area contributed by atoms with Gasteiger partial charge in [0.1, 0.15) is 0 Å². The maximum atomic E-state index is 11.5. The zero-order valence-corrected chi connectivity index (χ0v) is 22.5. The summed E-state index contributed by atoms with van der Waals surface area (Å²) >= 11 is 7.32. The maximum absolute atomic E-state index is 11.5. The van der Waals surface area contributed by atoms with Gasteiger partial charge in [-0.05, 0) is 47.7 Å². The highest BCUT2D eigenvalue weighted by Crippen LogP contribution is 2.47. The molecule has 3 aromatic rings. The molecule has 0 aliphatic heterocycles. The van der Waals surface area contributed by atoms with Crippen LogP contribution in [0.15, 0.2) is 56.0 Å². The lowest BCUT2D eigenvalue weighted by Gasteiger charge is -2.09. The third kappa shape index (κ3) is 6.43. The third-order valence-corrected chi connectivity index (χ3v) is 10.2. The summed E-state index contributed by atoms with van der Waals surface area (Å²) < 4.78 is 0. The van der Waals surface area contributed by atoms with Crippen molar-refractivity contribution in [3.05, 3.63) is 86.6 Å². The summed E-state index contributed by atoms with van der Waals surface area (Å²) in [7, 11) is 0. The molecule has 0 aliphatic rings. The van der Waals surface area contributed by atoms with E-state index < -0.39 is 11.9 Å². The Bertz CT molecular complexity index is 1300. The number of hydrogen-bond acceptors (Lipinski definition) is 7. The van der Waals surface area contributed by atoms with Gasteiger partial charge in [-0.1, -0.05) is 49.8 Å². The molecule has 4 nitrogen and oxygen atoms in total. The van der Waals surface area contributed by atoms with Crippen molar-refractivity contribution in [3.63, 3.8) is 0 Å². The van der Waals surface area contributed by atoms with E-state index in [9.17, 15) is 19.8 Å². The Morgan fingerprint density at radius 3 is 2.00 bits per heavy atom. The maximum Gasteiger partial charge on any atom is 0.307 e. The Labute approximate surface area is 219 Å². The van der Waals surface area contributed by atoms with Crippen LogP contribution in [0, 0.1) is 6.92 Å². The first-order valence-corrected chi connectivity index (χ1v) is 14.0. The lowest BCUT2D eigenvalue weighted by Crippen LogP contribution is -2.01. The van der Waals surface area contributed by atoms with Gasteiger partial charge in [-0.25, -0.2) is 0 Å². The number of carboxylic acids is 2. The second-order valence-corrected chi connectivity index (χ2v) is 12.8. The molecule has 9 heteroatoms. The Kier molecular flexibility index (Phi) is 8.83. The predicted molar refractivity (Wildman–Crippen MR) is 152 cm³/mol. The Morgan fingerprint density at radius 2 is 1.47 bits per heavy atom. The van der Waals surface area contributed by atoms with Crippen LogP contribution in [0.25, 0.3) is 24.5 Å². The van der Waals surface area contributed by atoms with E-state index >= 15 is 0 Å². The van der Waals surface area contributed by atoms with Crippen LogP contribution in [-0.2, 0) is 22.4 Å². The van der Waals surface area contributed by atoms with Crippen molar-refractivity contribution >= 4 is 84.2 Å². The van der Waals surface area contributed by atoms with Gasteiger partial charge in [0.25, 0.3) is 0 Å². The molecule has 3 heterocycles. The molecule has 0 unspecified atom stereocenters. The number of aryl methyl sites for hydroxylation is 1. The molecule has 0 fully saturated rings. The molecule has 176 valence electrons. The molecule has 0 atom stereocenters. The average molecular weight is 547 g/mol. The molecule has 0 bridgehead atoms. The lowest BCUT2D eigenvalue weighted by molar-refractivity contribution is -0.137. The number of thiophene rings is 3. The van der Waals surface area contributed by atoms with Gasteiger partial charge in [-0.2, -0.15) is 0 Å². The van der Waals surface area contributed by atoms with E-state index in [0.717, 1.165) is 29.3 Å². The van der Waals surface area contributed by atoms with Gasteiger partial charge in [0.2, 0.25) is 0 Å². The van der Waals surface area contributed by atoms with Crippen LogP contribution in [-0.4, -0.2) is 22.2 Å². The first-order valence-electron chi connectivity index (χ1n) is 9.88. The van der Waals surface area contributed by atoms with Gasteiger partial charge < -0.3 is 10.2 Å². The number of carbonyl (C=O) groups is 2. The van der Waals surface area contributed by atoms with Gasteiger partial charge in [0.15, 0.2) is 0 Å². The monoisotopic (exact) mass is 546 g/mol. The van der Waals surface area contributed by atoms with Gasteiger partial charge in [0, 0.05) is 44.0 Å². The zero-order chi connectivity index (χ0) is 25.0. The average Bonchev–Trinajstić information content (AvgIpc) is 3.45. The molecule has 0 aromatic carbocycles. The molecule has 0 spiro atoms. The fourth-order valence-corrected chi connectivity index (χ4v) is 7.94. The van der Waals surface area contributed by atoms with Crippen LogP contribution >= 0.6 is 57.5 Å². The van der Waals surface area contributed by atoms with Gasteiger partial charge in [0.05, 0.1) is 12.8 Å². The molecular weight excluding hydrogens is 525 g/mol. The van der Waals surface area contributed by atoms with Crippen LogP contribution in [0.2, 0.25) is 0 Å². The van der Waals surface area contributed by atoms with E-state index in [1.807, 2.05) is 31.2 Å². The summed E-state index contributed by atoms with van der Waals surface area (Å²) in [4.78, 5) is 30.7. The van der Waals surface area contributed by atoms with E-state index in [-0.39, 0.29) is 12.8 Å². The largest absolute Gasteiger partial charge is 0.481 e. The summed E-state index contributed by atoms with van der Waals surface area (Å²) in [6.07, 6.45) is -0.233. The van der Waals surface area contributed by atoms with E-state index in [0.29, 0.717) is 20.9 Å². The highest BCUT2D eigenvalue weighted by Gasteiger charge is 2.21. The van der Waals surface area contributed by atoms with Crippen molar-refractivity contribution in [2.75, 3.05) is 0 Å². The van der Waals surface area contributed by atoms with Gasteiger partial charge >= 0.3 is 11.9 Å². The second kappa shape index (κ2) is 11.4. The first-order chi connectivity index (χ1) is 16.1. The number of thioether (sulfide) groups is 2. The Balaban J connectivity index is 1.91. The number of rotatable bonds is 12. The van der Waals surface area contributed by atoms with Crippen LogP contribution in [0.3, 0.4) is 0 Å². The SMILES string of the molecule is C=CSC(=C)c1cc(CC(=O)O)c(C(=C)SC(=C)c2sc(-c3ccc(C)s3)cc2CC(=O)O)s1. The fraction of sp³-hybridized carbons (Fsp3) is 0.120. The quantitative estimate of drug-likeness (QED) is 0.238. The van der Waals surface area contributed by atoms with Crippen LogP contribution in [0.4, 0.5) is 0 Å². The number of carboxylic acid groups (broad SMARTS) is 2. The minimum atomic E-state index is -0.929. The van der Waals surface area contributed by atoms with Crippen molar-refractivity contribution in [3.8, 4) is 9.75 Å². The van der Waals surface area contributed by atoms with E-state index in [1.165, 1.54) is 51.1 Å². The molecule has 0 amide bonds. The van der Waals surface area contributed by atoms with E-state index in [1.54, 1.807) is 16.7 Å². The van der Waals surface area contributed by atoms with Crippen molar-refractivity contribution < 1.29 is 19.8 Å². The molecule has 3 aromatic heterocycles. The van der Waals surface area contributed by atoms with Crippen LogP contribution in [0.5, 0.6) is 0 Å².